The van der Waals surface area contributed by atoms with Crippen molar-refractivity contribution in [2.75, 3.05) is 11.9 Å². The molecule has 0 bridgehead atoms. The van der Waals surface area contributed by atoms with E-state index in [1.165, 1.54) is 9.75 Å². The molecule has 1 N–H and O–H groups in total. The summed E-state index contributed by atoms with van der Waals surface area (Å²) in [5.41, 5.74) is 1.18. The third-order valence-corrected chi connectivity index (χ3v) is 5.28. The smallest absolute Gasteiger partial charge is 0.238 e. The Morgan fingerprint density at radius 2 is 1.72 bits per heavy atom. The van der Waals surface area contributed by atoms with Gasteiger partial charge in [-0.05, 0) is 41.1 Å². The van der Waals surface area contributed by atoms with Gasteiger partial charge in [0, 0.05) is 28.5 Å². The van der Waals surface area contributed by atoms with Crippen LogP contribution in [0.4, 0.5) is 5.69 Å². The van der Waals surface area contributed by atoms with Crippen molar-refractivity contribution in [3.8, 4) is 6.07 Å². The maximum absolute atomic E-state index is 12.5. The number of benzene rings is 1. The lowest BCUT2D eigenvalue weighted by molar-refractivity contribution is -0.117. The lowest BCUT2D eigenvalue weighted by Gasteiger charge is -2.20. The van der Waals surface area contributed by atoms with Gasteiger partial charge in [-0.3, -0.25) is 9.69 Å². The van der Waals surface area contributed by atoms with Crippen LogP contribution in [0.5, 0.6) is 0 Å². The molecule has 0 aliphatic rings. The number of anilines is 1. The molecular formula is C19H17N3OS2. The quantitative estimate of drug-likeness (QED) is 0.676. The molecule has 0 radical (unpaired) electrons. The average molecular weight is 367 g/mol. The Morgan fingerprint density at radius 3 is 2.28 bits per heavy atom. The molecule has 4 nitrogen and oxygen atoms in total. The predicted octanol–water partition coefficient (Wildman–Crippen LogP) is 4.32. The molecule has 25 heavy (non-hydrogen) atoms. The van der Waals surface area contributed by atoms with Crippen LogP contribution in [-0.2, 0) is 17.9 Å². The van der Waals surface area contributed by atoms with Crippen LogP contribution < -0.4 is 5.32 Å². The van der Waals surface area contributed by atoms with Crippen molar-refractivity contribution in [2.24, 2.45) is 0 Å². The fourth-order valence-corrected chi connectivity index (χ4v) is 3.98. The molecule has 0 fully saturated rings. The highest BCUT2D eigenvalue weighted by atomic mass is 32.1. The zero-order valence-corrected chi connectivity index (χ0v) is 15.1. The molecule has 0 saturated heterocycles. The highest BCUT2D eigenvalue weighted by Gasteiger charge is 2.13. The summed E-state index contributed by atoms with van der Waals surface area (Å²) in [6.45, 7) is 1.77. The summed E-state index contributed by atoms with van der Waals surface area (Å²) in [5.74, 6) is -0.0804. The molecule has 1 amide bonds. The zero-order chi connectivity index (χ0) is 17.5. The van der Waals surface area contributed by atoms with Crippen LogP contribution in [0, 0.1) is 11.3 Å². The number of thiophene rings is 2. The molecule has 0 atom stereocenters. The molecule has 2 aromatic heterocycles. The molecule has 1 aromatic carbocycles. The van der Waals surface area contributed by atoms with E-state index in [1.807, 2.05) is 22.9 Å². The highest BCUT2D eigenvalue weighted by molar-refractivity contribution is 7.10. The van der Waals surface area contributed by atoms with Crippen LogP contribution in [0.3, 0.4) is 0 Å². The molecule has 0 aliphatic carbocycles. The average Bonchev–Trinajstić information content (AvgIpc) is 3.29. The molecule has 0 aliphatic heterocycles. The van der Waals surface area contributed by atoms with Crippen molar-refractivity contribution < 1.29 is 4.79 Å². The van der Waals surface area contributed by atoms with E-state index in [9.17, 15) is 4.79 Å². The summed E-state index contributed by atoms with van der Waals surface area (Å²) in [7, 11) is 0. The molecule has 0 unspecified atom stereocenters. The van der Waals surface area contributed by atoms with Gasteiger partial charge in [0.2, 0.25) is 5.91 Å². The van der Waals surface area contributed by atoms with Gasteiger partial charge in [-0.2, -0.15) is 5.26 Å². The second-order valence-electron chi connectivity index (χ2n) is 5.54. The number of hydrogen-bond acceptors (Lipinski definition) is 5. The van der Waals surface area contributed by atoms with Gasteiger partial charge in [0.25, 0.3) is 0 Å². The highest BCUT2D eigenvalue weighted by Crippen LogP contribution is 2.17. The number of nitrogens with zero attached hydrogens (tertiary/aromatic N) is 2. The van der Waals surface area contributed by atoms with E-state index in [4.69, 9.17) is 5.26 Å². The molecule has 2 heterocycles. The molecular weight excluding hydrogens is 350 g/mol. The minimum absolute atomic E-state index is 0.0804. The number of amides is 1. The van der Waals surface area contributed by atoms with Gasteiger partial charge in [-0.25, -0.2) is 0 Å². The van der Waals surface area contributed by atoms with E-state index in [0.29, 0.717) is 17.8 Å². The maximum atomic E-state index is 12.5. The second-order valence-corrected chi connectivity index (χ2v) is 7.61. The maximum Gasteiger partial charge on any atom is 0.238 e. The number of hydrogen-bond donors (Lipinski definition) is 1. The van der Waals surface area contributed by atoms with Crippen LogP contribution in [0.1, 0.15) is 15.3 Å². The lowest BCUT2D eigenvalue weighted by Crippen LogP contribution is -2.32. The van der Waals surface area contributed by atoms with E-state index in [1.54, 1.807) is 46.9 Å². The first-order valence-electron chi connectivity index (χ1n) is 7.80. The Balaban J connectivity index is 1.65. The van der Waals surface area contributed by atoms with Gasteiger partial charge >= 0.3 is 0 Å². The summed E-state index contributed by atoms with van der Waals surface area (Å²) in [4.78, 5) is 17.0. The largest absolute Gasteiger partial charge is 0.325 e. The Hall–Kier alpha value is -2.46. The number of nitriles is 1. The number of rotatable bonds is 7. The standard InChI is InChI=1S/C19H17N3OS2/c20-11-15-4-1-5-16(10-15)21-19(23)14-22(12-17-6-2-8-24-17)13-18-7-3-9-25-18/h1-10H,12-14H2,(H,21,23). The van der Waals surface area contributed by atoms with Crippen LogP contribution in [0.15, 0.2) is 59.3 Å². The molecule has 126 valence electrons. The Morgan fingerprint density at radius 1 is 1.04 bits per heavy atom. The zero-order valence-electron chi connectivity index (χ0n) is 13.5. The van der Waals surface area contributed by atoms with Crippen LogP contribution in [0.2, 0.25) is 0 Å². The number of carbonyl (C=O) groups is 1. The van der Waals surface area contributed by atoms with E-state index in [0.717, 1.165) is 13.1 Å². The summed E-state index contributed by atoms with van der Waals surface area (Å²) in [5, 5.41) is 15.9. The van der Waals surface area contributed by atoms with Crippen molar-refractivity contribution in [3.05, 3.63) is 74.6 Å². The van der Waals surface area contributed by atoms with E-state index in [-0.39, 0.29) is 5.91 Å². The summed E-state index contributed by atoms with van der Waals surface area (Å²) in [6.07, 6.45) is 0. The Kier molecular flexibility index (Phi) is 5.96. The van der Waals surface area contributed by atoms with E-state index >= 15 is 0 Å². The monoisotopic (exact) mass is 367 g/mol. The van der Waals surface area contributed by atoms with Crippen molar-refractivity contribution in [1.29, 1.82) is 5.26 Å². The second kappa shape index (κ2) is 8.58. The molecule has 6 heteroatoms. The lowest BCUT2D eigenvalue weighted by atomic mass is 10.2. The number of carbonyl (C=O) groups excluding carboxylic acids is 1. The third-order valence-electron chi connectivity index (χ3n) is 3.56. The minimum atomic E-state index is -0.0804. The first kappa shape index (κ1) is 17.4. The molecule has 3 rings (SSSR count). The van der Waals surface area contributed by atoms with Gasteiger partial charge < -0.3 is 5.32 Å². The molecule has 0 saturated carbocycles. The van der Waals surface area contributed by atoms with Gasteiger partial charge in [-0.1, -0.05) is 18.2 Å². The van der Waals surface area contributed by atoms with Gasteiger partial charge in [0.15, 0.2) is 0 Å². The van der Waals surface area contributed by atoms with E-state index < -0.39 is 0 Å². The fourth-order valence-electron chi connectivity index (χ4n) is 2.48. The van der Waals surface area contributed by atoms with Crippen molar-refractivity contribution in [2.45, 2.75) is 13.1 Å². The van der Waals surface area contributed by atoms with Crippen LogP contribution in [-0.4, -0.2) is 17.4 Å². The first-order chi connectivity index (χ1) is 12.2. The first-order valence-corrected chi connectivity index (χ1v) is 9.56. The third kappa shape index (κ3) is 5.26. The van der Waals surface area contributed by atoms with Gasteiger partial charge in [-0.15, -0.1) is 22.7 Å². The summed E-state index contributed by atoms with van der Waals surface area (Å²) in [6, 6.07) is 17.3. The predicted molar refractivity (Wildman–Crippen MR) is 103 cm³/mol. The van der Waals surface area contributed by atoms with Crippen molar-refractivity contribution in [1.82, 2.24) is 4.90 Å². The fraction of sp³-hybridized carbons (Fsp3) is 0.158. The minimum Gasteiger partial charge on any atom is -0.325 e. The summed E-state index contributed by atoms with van der Waals surface area (Å²) >= 11 is 3.39. The van der Waals surface area contributed by atoms with Crippen molar-refractivity contribution >= 4 is 34.3 Å². The normalized spacial score (nSPS) is 10.6. The van der Waals surface area contributed by atoms with Crippen LogP contribution >= 0.6 is 22.7 Å². The van der Waals surface area contributed by atoms with Crippen LogP contribution in [0.25, 0.3) is 0 Å². The topological polar surface area (TPSA) is 56.1 Å². The summed E-state index contributed by atoms with van der Waals surface area (Å²) < 4.78 is 0. The number of nitrogens with one attached hydrogen (secondary N) is 1. The van der Waals surface area contributed by atoms with E-state index in [2.05, 4.69) is 28.4 Å². The van der Waals surface area contributed by atoms with Gasteiger partial charge in [0.1, 0.15) is 0 Å². The molecule has 3 aromatic rings. The van der Waals surface area contributed by atoms with Gasteiger partial charge in [0.05, 0.1) is 18.2 Å². The SMILES string of the molecule is N#Cc1cccc(NC(=O)CN(Cc2cccs2)Cc2cccs2)c1. The Labute approximate surface area is 155 Å². The Bertz CT molecular complexity index is 815. The molecule has 0 spiro atoms. The van der Waals surface area contributed by atoms with Crippen molar-refractivity contribution in [3.63, 3.8) is 0 Å².